The molecule has 0 saturated heterocycles. The van der Waals surface area contributed by atoms with E-state index in [9.17, 15) is 9.59 Å². The van der Waals surface area contributed by atoms with Crippen LogP contribution in [0.4, 0.5) is 5.69 Å². The molecule has 4 N–H and O–H groups in total. The first-order valence-corrected chi connectivity index (χ1v) is 6.01. The Hall–Kier alpha value is -1.79. The average molecular weight is 286 g/mol. The van der Waals surface area contributed by atoms with Gasteiger partial charge in [0.1, 0.15) is 0 Å². The van der Waals surface area contributed by atoms with Crippen molar-refractivity contribution in [3.63, 3.8) is 0 Å². The first kappa shape index (κ1) is 15.3. The van der Waals surface area contributed by atoms with Crippen LogP contribution >= 0.6 is 11.6 Å². The third kappa shape index (κ3) is 5.15. The number of rotatable bonds is 6. The molecule has 0 atom stereocenters. The Bertz CT molecular complexity index is 466. The summed E-state index contributed by atoms with van der Waals surface area (Å²) >= 11 is 5.81. The van der Waals surface area contributed by atoms with Crippen LogP contribution in [-0.2, 0) is 9.53 Å². The van der Waals surface area contributed by atoms with Crippen LogP contribution in [0.1, 0.15) is 10.4 Å². The minimum atomic E-state index is -0.385. The lowest BCUT2D eigenvalue weighted by atomic mass is 10.2. The van der Waals surface area contributed by atoms with Gasteiger partial charge in [0.05, 0.1) is 23.9 Å². The summed E-state index contributed by atoms with van der Waals surface area (Å²) in [4.78, 5) is 23.1. The highest BCUT2D eigenvalue weighted by atomic mass is 35.5. The zero-order valence-electron chi connectivity index (χ0n) is 10.5. The lowest BCUT2D eigenvalue weighted by molar-refractivity contribution is -0.120. The maximum atomic E-state index is 11.7. The molecule has 104 valence electrons. The molecule has 0 heterocycles. The molecule has 1 rings (SSSR count). The second kappa shape index (κ2) is 7.60. The smallest absolute Gasteiger partial charge is 0.251 e. The number of benzene rings is 1. The van der Waals surface area contributed by atoms with E-state index in [2.05, 4.69) is 10.6 Å². The molecule has 0 aliphatic heterocycles. The van der Waals surface area contributed by atoms with Crippen LogP contribution in [0, 0.1) is 0 Å². The van der Waals surface area contributed by atoms with E-state index in [0.717, 1.165) is 0 Å². The monoisotopic (exact) mass is 285 g/mol. The van der Waals surface area contributed by atoms with Crippen LogP contribution in [-0.4, -0.2) is 38.6 Å². The van der Waals surface area contributed by atoms with E-state index in [0.29, 0.717) is 29.4 Å². The minimum absolute atomic E-state index is 0.107. The van der Waals surface area contributed by atoms with E-state index in [1.54, 1.807) is 13.2 Å². The Labute approximate surface area is 116 Å². The molecule has 0 spiro atoms. The fourth-order valence-electron chi connectivity index (χ4n) is 1.29. The van der Waals surface area contributed by atoms with Gasteiger partial charge in [-0.15, -0.1) is 0 Å². The molecule has 0 fully saturated rings. The number of halogens is 1. The van der Waals surface area contributed by atoms with Gasteiger partial charge in [-0.25, -0.2) is 0 Å². The molecule has 0 aliphatic rings. The molecule has 0 aliphatic carbocycles. The van der Waals surface area contributed by atoms with E-state index in [-0.39, 0.29) is 18.4 Å². The Morgan fingerprint density at radius 2 is 2.11 bits per heavy atom. The lowest BCUT2D eigenvalue weighted by Crippen LogP contribution is -2.38. The summed E-state index contributed by atoms with van der Waals surface area (Å²) in [5.41, 5.74) is 6.29. The number of amides is 2. The van der Waals surface area contributed by atoms with Gasteiger partial charge in [-0.3, -0.25) is 9.59 Å². The highest BCUT2D eigenvalue weighted by Gasteiger charge is 2.09. The number of nitrogens with two attached hydrogens (primary N) is 1. The van der Waals surface area contributed by atoms with Crippen LogP contribution in [0.5, 0.6) is 0 Å². The summed E-state index contributed by atoms with van der Waals surface area (Å²) in [6.07, 6.45) is 0. The Balaban J connectivity index is 2.42. The first-order chi connectivity index (χ1) is 9.04. The molecule has 1 aromatic carbocycles. The Morgan fingerprint density at radius 1 is 1.37 bits per heavy atom. The fourth-order valence-corrected chi connectivity index (χ4v) is 1.47. The van der Waals surface area contributed by atoms with Gasteiger partial charge in [-0.1, -0.05) is 11.6 Å². The van der Waals surface area contributed by atoms with Crippen molar-refractivity contribution in [1.29, 1.82) is 0 Å². The van der Waals surface area contributed by atoms with Crippen LogP contribution in [0.15, 0.2) is 18.2 Å². The number of anilines is 1. The molecule has 0 bridgehead atoms. The van der Waals surface area contributed by atoms with E-state index < -0.39 is 0 Å². The molecule has 2 amide bonds. The Morgan fingerprint density at radius 3 is 2.74 bits per heavy atom. The van der Waals surface area contributed by atoms with Crippen molar-refractivity contribution in [3.8, 4) is 0 Å². The fraction of sp³-hybridized carbons (Fsp3) is 0.333. The van der Waals surface area contributed by atoms with Crippen molar-refractivity contribution in [1.82, 2.24) is 10.6 Å². The zero-order valence-corrected chi connectivity index (χ0v) is 11.3. The number of nitrogens with one attached hydrogen (secondary N) is 2. The standard InChI is InChI=1S/C12H16ClN3O3/c1-19-5-4-15-11(17)7-16-12(18)8-2-3-10(14)9(13)6-8/h2-3,6H,4-5,7,14H2,1H3,(H,15,17)(H,16,18). The largest absolute Gasteiger partial charge is 0.398 e. The molecule has 19 heavy (non-hydrogen) atoms. The molecule has 0 unspecified atom stereocenters. The topological polar surface area (TPSA) is 93.5 Å². The highest BCUT2D eigenvalue weighted by molar-refractivity contribution is 6.33. The van der Waals surface area contributed by atoms with E-state index in [1.807, 2.05) is 0 Å². The number of carbonyl (C=O) groups excluding carboxylic acids is 2. The highest BCUT2D eigenvalue weighted by Crippen LogP contribution is 2.19. The van der Waals surface area contributed by atoms with E-state index in [1.165, 1.54) is 12.1 Å². The van der Waals surface area contributed by atoms with Crippen LogP contribution in [0.3, 0.4) is 0 Å². The molecule has 1 aromatic rings. The Kier molecular flexibility index (Phi) is 6.11. The molecule has 7 heteroatoms. The molecular weight excluding hydrogens is 270 g/mol. The predicted molar refractivity (Wildman–Crippen MR) is 73.1 cm³/mol. The molecule has 0 radical (unpaired) electrons. The van der Waals surface area contributed by atoms with Crippen molar-refractivity contribution in [3.05, 3.63) is 28.8 Å². The van der Waals surface area contributed by atoms with Crippen molar-refractivity contribution in [2.45, 2.75) is 0 Å². The molecular formula is C12H16ClN3O3. The summed E-state index contributed by atoms with van der Waals surface area (Å²) in [6.45, 7) is 0.719. The van der Waals surface area contributed by atoms with Gasteiger partial charge >= 0.3 is 0 Å². The predicted octanol–water partition coefficient (Wildman–Crippen LogP) is 0.415. The second-order valence-electron chi connectivity index (χ2n) is 3.76. The maximum Gasteiger partial charge on any atom is 0.251 e. The molecule has 0 aromatic heterocycles. The summed E-state index contributed by atoms with van der Waals surface area (Å²) in [6, 6.07) is 4.53. The van der Waals surface area contributed by atoms with Gasteiger partial charge in [0.2, 0.25) is 5.91 Å². The van der Waals surface area contributed by atoms with Gasteiger partial charge in [-0.2, -0.15) is 0 Å². The van der Waals surface area contributed by atoms with Crippen molar-refractivity contribution < 1.29 is 14.3 Å². The van der Waals surface area contributed by atoms with Crippen LogP contribution in [0.25, 0.3) is 0 Å². The SMILES string of the molecule is COCCNC(=O)CNC(=O)c1ccc(N)c(Cl)c1. The third-order valence-electron chi connectivity index (χ3n) is 2.30. The minimum Gasteiger partial charge on any atom is -0.398 e. The van der Waals surface area contributed by atoms with Crippen LogP contribution < -0.4 is 16.4 Å². The quantitative estimate of drug-likeness (QED) is 0.521. The summed E-state index contributed by atoms with van der Waals surface area (Å²) in [5, 5.41) is 5.37. The zero-order chi connectivity index (χ0) is 14.3. The number of nitrogen functional groups attached to an aromatic ring is 1. The number of carbonyl (C=O) groups is 2. The van der Waals surface area contributed by atoms with Gasteiger partial charge in [-0.05, 0) is 18.2 Å². The summed E-state index contributed by atoms with van der Waals surface area (Å²) < 4.78 is 4.78. The number of hydrogen-bond donors (Lipinski definition) is 3. The average Bonchev–Trinajstić information content (AvgIpc) is 2.39. The van der Waals surface area contributed by atoms with Gasteiger partial charge in [0, 0.05) is 19.2 Å². The normalized spacial score (nSPS) is 10.0. The van der Waals surface area contributed by atoms with Gasteiger partial charge < -0.3 is 21.1 Å². The lowest BCUT2D eigenvalue weighted by Gasteiger charge is -2.07. The molecule has 0 saturated carbocycles. The summed E-state index contributed by atoms with van der Waals surface area (Å²) in [5.74, 6) is -0.671. The third-order valence-corrected chi connectivity index (χ3v) is 2.63. The van der Waals surface area contributed by atoms with Crippen molar-refractivity contribution in [2.24, 2.45) is 0 Å². The van der Waals surface area contributed by atoms with E-state index in [4.69, 9.17) is 22.1 Å². The van der Waals surface area contributed by atoms with Crippen LogP contribution in [0.2, 0.25) is 5.02 Å². The maximum absolute atomic E-state index is 11.7. The number of ether oxygens (including phenoxy) is 1. The van der Waals surface area contributed by atoms with E-state index >= 15 is 0 Å². The number of methoxy groups -OCH3 is 1. The van der Waals surface area contributed by atoms with Gasteiger partial charge in [0.25, 0.3) is 5.91 Å². The van der Waals surface area contributed by atoms with Crippen molar-refractivity contribution in [2.75, 3.05) is 32.5 Å². The second-order valence-corrected chi connectivity index (χ2v) is 4.17. The van der Waals surface area contributed by atoms with Crippen molar-refractivity contribution >= 4 is 29.1 Å². The molecule has 6 nitrogen and oxygen atoms in total. The first-order valence-electron chi connectivity index (χ1n) is 5.63. The number of hydrogen-bond acceptors (Lipinski definition) is 4. The van der Waals surface area contributed by atoms with Gasteiger partial charge in [0.15, 0.2) is 0 Å². The summed E-state index contributed by atoms with van der Waals surface area (Å²) in [7, 11) is 1.54.